The van der Waals surface area contributed by atoms with Gasteiger partial charge < -0.3 is 10.1 Å². The number of aromatic nitrogens is 2. The quantitative estimate of drug-likeness (QED) is 0.548. The average molecular weight is 331 g/mol. The number of nitrogens with zero attached hydrogens (tertiary/aromatic N) is 1. The van der Waals surface area contributed by atoms with Gasteiger partial charge in [-0.1, -0.05) is 82.2 Å². The molecule has 24 heavy (non-hydrogen) atoms. The van der Waals surface area contributed by atoms with Crippen LogP contribution in [0, 0.1) is 0 Å². The number of unbranched alkanes of at least 4 members (excludes halogenated alkanes) is 7. The first-order valence-electron chi connectivity index (χ1n) is 9.49. The van der Waals surface area contributed by atoms with Gasteiger partial charge in [-0.15, -0.1) is 0 Å². The molecule has 0 aliphatic rings. The summed E-state index contributed by atoms with van der Waals surface area (Å²) in [4.78, 5) is 6.76. The van der Waals surface area contributed by atoms with Crippen LogP contribution in [0.25, 0.3) is 0 Å². The fourth-order valence-electron chi connectivity index (χ4n) is 2.65. The Morgan fingerprint density at radius 1 is 0.875 bits per heavy atom. The van der Waals surface area contributed by atoms with Gasteiger partial charge in [-0.3, -0.25) is 0 Å². The molecule has 2 aromatic rings. The summed E-state index contributed by atoms with van der Waals surface area (Å²) in [5, 5.41) is 8.38. The summed E-state index contributed by atoms with van der Waals surface area (Å²) in [6, 6.07) is 10.8. The Hall–Kier alpha value is -1.61. The summed E-state index contributed by atoms with van der Waals surface area (Å²) < 4.78 is 0. The molecule has 0 amide bonds. The third kappa shape index (κ3) is 11.0. The number of benzene rings is 1. The van der Waals surface area contributed by atoms with Crippen molar-refractivity contribution in [3.8, 4) is 0 Å². The molecule has 134 valence electrons. The van der Waals surface area contributed by atoms with Crippen LogP contribution in [-0.4, -0.2) is 21.7 Å². The largest absolute Gasteiger partial charge is 0.396 e. The standard InChI is InChI=1S/C16H26.C5H8N2O/c1-2-3-4-5-6-7-8-10-13-16-14-11-9-12-15-16;8-4-1-5-6-2-3-7-5/h9,11-12,14-15H,2-8,10,13H2,1H3;2-3,8H,1,4H2,(H,6,7). The first kappa shape index (κ1) is 20.4. The van der Waals surface area contributed by atoms with Gasteiger partial charge >= 0.3 is 0 Å². The molecule has 2 rings (SSSR count). The fraction of sp³-hybridized carbons (Fsp3) is 0.571. The van der Waals surface area contributed by atoms with Crippen LogP contribution in [0.2, 0.25) is 0 Å². The number of rotatable bonds is 11. The van der Waals surface area contributed by atoms with Crippen molar-refractivity contribution >= 4 is 0 Å². The van der Waals surface area contributed by atoms with Gasteiger partial charge in [0.1, 0.15) is 5.82 Å². The van der Waals surface area contributed by atoms with Crippen LogP contribution in [-0.2, 0) is 12.8 Å². The molecule has 0 aliphatic heterocycles. The van der Waals surface area contributed by atoms with E-state index in [0.29, 0.717) is 6.42 Å². The molecule has 3 nitrogen and oxygen atoms in total. The van der Waals surface area contributed by atoms with Crippen LogP contribution < -0.4 is 0 Å². The first-order chi connectivity index (χ1) is 11.9. The van der Waals surface area contributed by atoms with Crippen molar-refractivity contribution in [2.45, 2.75) is 71.1 Å². The second-order valence-electron chi connectivity index (χ2n) is 6.22. The Morgan fingerprint density at radius 2 is 1.54 bits per heavy atom. The summed E-state index contributed by atoms with van der Waals surface area (Å²) in [5.41, 5.74) is 1.49. The number of imidazole rings is 1. The normalized spacial score (nSPS) is 10.2. The van der Waals surface area contributed by atoms with Crippen LogP contribution >= 0.6 is 0 Å². The molecule has 1 aromatic heterocycles. The SMILES string of the molecule is CCCCCCCCCCc1ccccc1.OCCc1ncc[nH]1. The summed E-state index contributed by atoms with van der Waals surface area (Å²) >= 11 is 0. The van der Waals surface area contributed by atoms with Crippen molar-refractivity contribution in [2.24, 2.45) is 0 Å². The minimum Gasteiger partial charge on any atom is -0.396 e. The molecular formula is C21H34N2O. The Bertz CT molecular complexity index is 468. The first-order valence-corrected chi connectivity index (χ1v) is 9.49. The Kier molecular flexibility index (Phi) is 12.7. The molecule has 0 atom stereocenters. The smallest absolute Gasteiger partial charge is 0.108 e. The third-order valence-corrected chi connectivity index (χ3v) is 4.07. The molecule has 2 N–H and O–H groups in total. The van der Waals surface area contributed by atoms with Gasteiger partial charge in [-0.2, -0.15) is 0 Å². The van der Waals surface area contributed by atoms with Crippen molar-refractivity contribution in [2.75, 3.05) is 6.61 Å². The van der Waals surface area contributed by atoms with Gasteiger partial charge in [0.05, 0.1) is 6.61 Å². The number of hydrogen-bond acceptors (Lipinski definition) is 2. The highest BCUT2D eigenvalue weighted by atomic mass is 16.3. The van der Waals surface area contributed by atoms with E-state index in [2.05, 4.69) is 47.2 Å². The van der Waals surface area contributed by atoms with Crippen LogP contribution in [0.15, 0.2) is 42.7 Å². The molecule has 1 heterocycles. The van der Waals surface area contributed by atoms with E-state index in [1.54, 1.807) is 12.4 Å². The van der Waals surface area contributed by atoms with E-state index in [-0.39, 0.29) is 6.61 Å². The number of aliphatic hydroxyl groups is 1. The summed E-state index contributed by atoms with van der Waals surface area (Å²) in [5.74, 6) is 0.840. The van der Waals surface area contributed by atoms with Crippen LogP contribution in [0.1, 0.15) is 69.7 Å². The number of aryl methyl sites for hydroxylation is 1. The predicted molar refractivity (Wildman–Crippen MR) is 102 cm³/mol. The van der Waals surface area contributed by atoms with E-state index in [0.717, 1.165) is 5.82 Å². The van der Waals surface area contributed by atoms with E-state index in [9.17, 15) is 0 Å². The number of hydrogen-bond donors (Lipinski definition) is 2. The molecule has 0 saturated heterocycles. The van der Waals surface area contributed by atoms with Crippen LogP contribution in [0.3, 0.4) is 0 Å². The van der Waals surface area contributed by atoms with Crippen LogP contribution in [0.5, 0.6) is 0 Å². The van der Waals surface area contributed by atoms with E-state index < -0.39 is 0 Å². The maximum absolute atomic E-state index is 8.38. The van der Waals surface area contributed by atoms with E-state index in [1.165, 1.54) is 63.4 Å². The van der Waals surface area contributed by atoms with E-state index in [4.69, 9.17) is 5.11 Å². The minimum absolute atomic E-state index is 0.160. The second-order valence-corrected chi connectivity index (χ2v) is 6.22. The van der Waals surface area contributed by atoms with Gasteiger partial charge in [0.15, 0.2) is 0 Å². The average Bonchev–Trinajstić information content (AvgIpc) is 3.12. The highest BCUT2D eigenvalue weighted by molar-refractivity contribution is 5.14. The predicted octanol–water partition coefficient (Wildman–Crippen LogP) is 5.31. The minimum atomic E-state index is 0.160. The van der Waals surface area contributed by atoms with Crippen molar-refractivity contribution in [3.05, 3.63) is 54.1 Å². The van der Waals surface area contributed by atoms with Crippen molar-refractivity contribution in [1.29, 1.82) is 0 Å². The summed E-state index contributed by atoms with van der Waals surface area (Å²) in [7, 11) is 0. The fourth-order valence-corrected chi connectivity index (χ4v) is 2.65. The van der Waals surface area contributed by atoms with Crippen molar-refractivity contribution in [1.82, 2.24) is 9.97 Å². The topological polar surface area (TPSA) is 48.9 Å². The lowest BCUT2D eigenvalue weighted by molar-refractivity contribution is 0.297. The van der Waals surface area contributed by atoms with Gasteiger partial charge in [0.25, 0.3) is 0 Å². The molecule has 0 fully saturated rings. The lowest BCUT2D eigenvalue weighted by atomic mass is 10.0. The zero-order valence-corrected chi connectivity index (χ0v) is 15.2. The number of nitrogens with one attached hydrogen (secondary N) is 1. The lowest BCUT2D eigenvalue weighted by Gasteiger charge is -2.02. The summed E-state index contributed by atoms with van der Waals surface area (Å²) in [6.07, 6.45) is 16.6. The Labute approximate surface area is 147 Å². The maximum atomic E-state index is 8.38. The van der Waals surface area contributed by atoms with E-state index in [1.807, 2.05) is 0 Å². The highest BCUT2D eigenvalue weighted by Crippen LogP contribution is 2.10. The van der Waals surface area contributed by atoms with Crippen molar-refractivity contribution in [3.63, 3.8) is 0 Å². The molecule has 0 bridgehead atoms. The van der Waals surface area contributed by atoms with E-state index >= 15 is 0 Å². The Morgan fingerprint density at radius 3 is 2.12 bits per heavy atom. The second kappa shape index (κ2) is 14.9. The van der Waals surface area contributed by atoms with Gasteiger partial charge in [-0.25, -0.2) is 4.98 Å². The maximum Gasteiger partial charge on any atom is 0.108 e. The molecule has 3 heteroatoms. The zero-order valence-electron chi connectivity index (χ0n) is 15.2. The lowest BCUT2D eigenvalue weighted by Crippen LogP contribution is -1.91. The molecule has 0 unspecified atom stereocenters. The Balaban J connectivity index is 0.000000300. The van der Waals surface area contributed by atoms with Gasteiger partial charge in [0.2, 0.25) is 0 Å². The molecule has 0 radical (unpaired) electrons. The third-order valence-electron chi connectivity index (χ3n) is 4.07. The van der Waals surface area contributed by atoms with Crippen LogP contribution in [0.4, 0.5) is 0 Å². The molecule has 0 aliphatic carbocycles. The van der Waals surface area contributed by atoms with Gasteiger partial charge in [-0.05, 0) is 18.4 Å². The highest BCUT2D eigenvalue weighted by Gasteiger charge is 1.93. The monoisotopic (exact) mass is 330 g/mol. The molecule has 0 saturated carbocycles. The van der Waals surface area contributed by atoms with Gasteiger partial charge in [0, 0.05) is 18.8 Å². The zero-order chi connectivity index (χ0) is 17.3. The van der Waals surface area contributed by atoms with Crippen molar-refractivity contribution < 1.29 is 5.11 Å². The molecule has 1 aromatic carbocycles. The number of aromatic amines is 1. The molecule has 0 spiro atoms. The number of aliphatic hydroxyl groups excluding tert-OH is 1. The summed E-state index contributed by atoms with van der Waals surface area (Å²) in [6.45, 7) is 2.44. The molecular weight excluding hydrogens is 296 g/mol. The number of H-pyrrole nitrogens is 1.